The van der Waals surface area contributed by atoms with Crippen LogP contribution in [0.3, 0.4) is 0 Å². The fourth-order valence-electron chi connectivity index (χ4n) is 4.04. The van der Waals surface area contributed by atoms with Crippen LogP contribution in [0.15, 0.2) is 24.3 Å². The van der Waals surface area contributed by atoms with Crippen LogP contribution >= 0.6 is 0 Å². The van der Waals surface area contributed by atoms with Gasteiger partial charge < -0.3 is 24.4 Å². The molecule has 9 heteroatoms. The topological polar surface area (TPSA) is 103 Å². The summed E-state index contributed by atoms with van der Waals surface area (Å²) in [6.07, 6.45) is 2.38. The van der Waals surface area contributed by atoms with E-state index in [9.17, 15) is 9.59 Å². The van der Waals surface area contributed by atoms with Crippen molar-refractivity contribution in [2.24, 2.45) is 0 Å². The van der Waals surface area contributed by atoms with Crippen molar-refractivity contribution in [3.05, 3.63) is 46.8 Å². The Labute approximate surface area is 200 Å². The summed E-state index contributed by atoms with van der Waals surface area (Å²) in [6, 6.07) is 7.02. The molecule has 0 radical (unpaired) electrons. The standard InChI is InChI=1S/C25H34N4O5/c1-5-15-34-16-12-26-23(30)19-7-6-17(2)27-22(19)18-10-13-29(14-11-18)25(31)20-8-9-21(32-3)28-24(20)33-4/h6-9,18H,5,10-16H2,1-4H3,(H,26,30). The van der Waals surface area contributed by atoms with E-state index in [1.165, 1.54) is 14.2 Å². The van der Waals surface area contributed by atoms with Gasteiger partial charge in [-0.15, -0.1) is 0 Å². The number of pyridine rings is 2. The molecule has 3 rings (SSSR count). The average molecular weight is 471 g/mol. The lowest BCUT2D eigenvalue weighted by molar-refractivity contribution is 0.0706. The molecule has 0 bridgehead atoms. The Balaban J connectivity index is 1.66. The second-order valence-corrected chi connectivity index (χ2v) is 8.23. The maximum absolute atomic E-state index is 13.1. The lowest BCUT2D eigenvalue weighted by Gasteiger charge is -2.32. The molecule has 2 aromatic heterocycles. The van der Waals surface area contributed by atoms with Crippen molar-refractivity contribution in [2.75, 3.05) is 47.1 Å². The number of rotatable bonds is 10. The van der Waals surface area contributed by atoms with Crippen molar-refractivity contribution < 1.29 is 23.8 Å². The summed E-state index contributed by atoms with van der Waals surface area (Å²) >= 11 is 0. The molecule has 0 atom stereocenters. The lowest BCUT2D eigenvalue weighted by Crippen LogP contribution is -2.39. The molecule has 2 amide bonds. The van der Waals surface area contributed by atoms with Crippen LogP contribution in [0.4, 0.5) is 0 Å². The van der Waals surface area contributed by atoms with Gasteiger partial charge in [-0.2, -0.15) is 4.98 Å². The van der Waals surface area contributed by atoms with E-state index in [1.807, 2.05) is 26.0 Å². The molecule has 2 aromatic rings. The van der Waals surface area contributed by atoms with Crippen LogP contribution < -0.4 is 14.8 Å². The number of likely N-dealkylation sites (tertiary alicyclic amines) is 1. The first-order valence-corrected chi connectivity index (χ1v) is 11.7. The number of hydrogen-bond acceptors (Lipinski definition) is 7. The first-order valence-electron chi connectivity index (χ1n) is 11.7. The molecule has 1 N–H and O–H groups in total. The molecule has 0 spiro atoms. The Morgan fingerprint density at radius 3 is 2.44 bits per heavy atom. The monoisotopic (exact) mass is 470 g/mol. The number of hydrogen-bond donors (Lipinski definition) is 1. The molecule has 1 fully saturated rings. The van der Waals surface area contributed by atoms with Gasteiger partial charge in [0.25, 0.3) is 11.8 Å². The van der Waals surface area contributed by atoms with Gasteiger partial charge >= 0.3 is 0 Å². The van der Waals surface area contributed by atoms with E-state index in [0.717, 1.165) is 17.8 Å². The third kappa shape index (κ3) is 6.22. The van der Waals surface area contributed by atoms with Crippen LogP contribution in [-0.4, -0.2) is 73.7 Å². The lowest BCUT2D eigenvalue weighted by atomic mass is 9.89. The zero-order valence-corrected chi connectivity index (χ0v) is 20.4. The number of nitrogens with one attached hydrogen (secondary N) is 1. The van der Waals surface area contributed by atoms with E-state index in [-0.39, 0.29) is 23.6 Å². The molecule has 9 nitrogen and oxygen atoms in total. The molecule has 0 aromatic carbocycles. The van der Waals surface area contributed by atoms with Crippen LogP contribution in [0.1, 0.15) is 64.2 Å². The summed E-state index contributed by atoms with van der Waals surface area (Å²) in [5, 5.41) is 2.93. The Morgan fingerprint density at radius 1 is 1.03 bits per heavy atom. The van der Waals surface area contributed by atoms with Crippen molar-refractivity contribution in [3.63, 3.8) is 0 Å². The Morgan fingerprint density at radius 2 is 1.76 bits per heavy atom. The minimum absolute atomic E-state index is 0.0944. The highest BCUT2D eigenvalue weighted by molar-refractivity contribution is 5.97. The molecular formula is C25H34N4O5. The highest BCUT2D eigenvalue weighted by atomic mass is 16.5. The SMILES string of the molecule is CCCOCCNC(=O)c1ccc(C)nc1C1CCN(C(=O)c2ccc(OC)nc2OC)CC1. The molecule has 184 valence electrons. The van der Waals surface area contributed by atoms with Crippen LogP contribution in [0.2, 0.25) is 0 Å². The largest absolute Gasteiger partial charge is 0.481 e. The van der Waals surface area contributed by atoms with Gasteiger partial charge in [-0.3, -0.25) is 14.6 Å². The van der Waals surface area contributed by atoms with Gasteiger partial charge in [-0.1, -0.05) is 6.92 Å². The molecular weight excluding hydrogens is 436 g/mol. The van der Waals surface area contributed by atoms with Gasteiger partial charge in [0.1, 0.15) is 5.56 Å². The summed E-state index contributed by atoms with van der Waals surface area (Å²) in [7, 11) is 3.00. The summed E-state index contributed by atoms with van der Waals surface area (Å²) in [6.45, 7) is 6.70. The molecule has 1 saturated heterocycles. The summed E-state index contributed by atoms with van der Waals surface area (Å²) in [5.41, 5.74) is 2.65. The van der Waals surface area contributed by atoms with E-state index in [2.05, 4.69) is 10.3 Å². The predicted octanol–water partition coefficient (Wildman–Crippen LogP) is 2.98. The van der Waals surface area contributed by atoms with Crippen molar-refractivity contribution in [2.45, 2.75) is 39.0 Å². The van der Waals surface area contributed by atoms with Crippen LogP contribution in [0.5, 0.6) is 11.8 Å². The Kier molecular flexibility index (Phi) is 9.21. The summed E-state index contributed by atoms with van der Waals surface area (Å²) in [4.78, 5) is 36.7. The van der Waals surface area contributed by atoms with Gasteiger partial charge in [-0.25, -0.2) is 0 Å². The van der Waals surface area contributed by atoms with Crippen LogP contribution in [-0.2, 0) is 4.74 Å². The van der Waals surface area contributed by atoms with Crippen molar-refractivity contribution >= 4 is 11.8 Å². The maximum atomic E-state index is 13.1. The number of carbonyl (C=O) groups is 2. The first kappa shape index (κ1) is 25.4. The second kappa shape index (κ2) is 12.3. The van der Waals surface area contributed by atoms with Crippen LogP contribution in [0.25, 0.3) is 0 Å². The first-order chi connectivity index (χ1) is 16.5. The number of amides is 2. The maximum Gasteiger partial charge on any atom is 0.259 e. The van der Waals surface area contributed by atoms with E-state index < -0.39 is 0 Å². The van der Waals surface area contributed by atoms with Gasteiger partial charge in [0.2, 0.25) is 11.8 Å². The Bertz CT molecular complexity index is 989. The van der Waals surface area contributed by atoms with Crippen molar-refractivity contribution in [1.29, 1.82) is 0 Å². The number of carbonyl (C=O) groups excluding carboxylic acids is 2. The molecule has 3 heterocycles. The summed E-state index contributed by atoms with van der Waals surface area (Å²) in [5.74, 6) is 0.453. The van der Waals surface area contributed by atoms with Crippen molar-refractivity contribution in [1.82, 2.24) is 20.2 Å². The number of ether oxygens (including phenoxy) is 3. The van der Waals surface area contributed by atoms with Crippen LogP contribution in [0, 0.1) is 6.92 Å². The molecule has 1 aliphatic rings. The smallest absolute Gasteiger partial charge is 0.259 e. The predicted molar refractivity (Wildman–Crippen MR) is 128 cm³/mol. The van der Waals surface area contributed by atoms with E-state index >= 15 is 0 Å². The number of aryl methyl sites for hydroxylation is 1. The van der Waals surface area contributed by atoms with E-state index in [0.29, 0.717) is 62.7 Å². The van der Waals surface area contributed by atoms with Gasteiger partial charge in [-0.05, 0) is 44.4 Å². The highest BCUT2D eigenvalue weighted by Crippen LogP contribution is 2.31. The average Bonchev–Trinajstić information content (AvgIpc) is 2.87. The molecule has 0 aliphatic carbocycles. The van der Waals surface area contributed by atoms with Crippen molar-refractivity contribution in [3.8, 4) is 11.8 Å². The quantitative estimate of drug-likeness (QED) is 0.533. The summed E-state index contributed by atoms with van der Waals surface area (Å²) < 4.78 is 15.9. The zero-order valence-electron chi connectivity index (χ0n) is 20.4. The molecule has 1 aliphatic heterocycles. The molecule has 34 heavy (non-hydrogen) atoms. The number of nitrogens with zero attached hydrogens (tertiary/aromatic N) is 3. The normalized spacial score (nSPS) is 14.1. The second-order valence-electron chi connectivity index (χ2n) is 8.23. The van der Waals surface area contributed by atoms with Gasteiger partial charge in [0.05, 0.1) is 32.1 Å². The van der Waals surface area contributed by atoms with Gasteiger partial charge in [0.15, 0.2) is 0 Å². The Hall–Kier alpha value is -3.20. The molecule has 0 unspecified atom stereocenters. The third-order valence-corrected chi connectivity index (χ3v) is 5.83. The third-order valence-electron chi connectivity index (χ3n) is 5.83. The minimum Gasteiger partial charge on any atom is -0.481 e. The fourth-order valence-corrected chi connectivity index (χ4v) is 4.04. The fraction of sp³-hybridized carbons (Fsp3) is 0.520. The van der Waals surface area contributed by atoms with E-state index in [1.54, 1.807) is 17.0 Å². The highest BCUT2D eigenvalue weighted by Gasteiger charge is 2.29. The molecule has 0 saturated carbocycles. The number of piperidine rings is 1. The number of aromatic nitrogens is 2. The number of methoxy groups -OCH3 is 2. The zero-order chi connectivity index (χ0) is 24.5. The minimum atomic E-state index is -0.143. The van der Waals surface area contributed by atoms with E-state index in [4.69, 9.17) is 19.2 Å². The van der Waals surface area contributed by atoms with Gasteiger partial charge in [0, 0.05) is 43.9 Å².